The van der Waals surface area contributed by atoms with Crippen molar-refractivity contribution in [2.45, 2.75) is 107 Å². The maximum atomic E-state index is 14.7. The predicted molar refractivity (Wildman–Crippen MR) is 163 cm³/mol. The minimum Gasteiger partial charge on any atom is -0.463 e. The summed E-state index contributed by atoms with van der Waals surface area (Å²) in [5.74, 6) is -0.596. The number of carbonyl (C=O) groups excluding carboxylic acids is 4. The minimum atomic E-state index is -0.940. The van der Waals surface area contributed by atoms with Gasteiger partial charge in [0.05, 0.1) is 17.6 Å². The van der Waals surface area contributed by atoms with E-state index in [4.69, 9.17) is 4.74 Å². The predicted octanol–water partition coefficient (Wildman–Crippen LogP) is 7.83. The molecule has 0 bridgehead atoms. The molecular weight excluding hydrogens is 512 g/mol. The zero-order valence-electron chi connectivity index (χ0n) is 26.6. The smallest absolute Gasteiger partial charge is 0.330 e. The molecule has 1 aromatic carbocycles. The number of allylic oxidation sites excluding steroid dienone is 4. The molecule has 4 rings (SSSR count). The molecule has 0 saturated heterocycles. The first-order valence-electron chi connectivity index (χ1n) is 15.1. The molecule has 0 aliphatic heterocycles. The Balaban J connectivity index is 1.91. The van der Waals surface area contributed by atoms with Crippen LogP contribution in [0.5, 0.6) is 0 Å². The number of benzene rings is 1. The van der Waals surface area contributed by atoms with Crippen LogP contribution in [0.1, 0.15) is 127 Å². The minimum absolute atomic E-state index is 0.0295. The molecule has 0 spiro atoms. The van der Waals surface area contributed by atoms with Crippen molar-refractivity contribution in [3.63, 3.8) is 0 Å². The van der Waals surface area contributed by atoms with Crippen LogP contribution in [0.4, 0.5) is 0 Å². The topological polar surface area (TPSA) is 77.5 Å². The second-order valence-corrected chi connectivity index (χ2v) is 13.7. The highest BCUT2D eigenvalue weighted by Gasteiger charge is 2.63. The van der Waals surface area contributed by atoms with Crippen molar-refractivity contribution >= 4 is 29.4 Å². The van der Waals surface area contributed by atoms with E-state index in [1.54, 1.807) is 6.08 Å². The number of Topliss-reactive ketones (excluding diaryl/α,β-unsaturated/α-hetero) is 3. The summed E-state index contributed by atoms with van der Waals surface area (Å²) < 4.78 is 5.31. The number of ketones is 3. The van der Waals surface area contributed by atoms with Crippen molar-refractivity contribution in [3.8, 4) is 0 Å². The van der Waals surface area contributed by atoms with Gasteiger partial charge in [0, 0.05) is 22.6 Å². The Morgan fingerprint density at radius 2 is 1.73 bits per heavy atom. The molecule has 3 unspecified atom stereocenters. The first-order chi connectivity index (χ1) is 19.0. The SMILES string of the molecule is CCCCOC(=O)C=Cc1cc(C(C)C)c2c(c1C)C(=O)C1=C(C)C3(C)C(=O)C(C(C)=O)=C(C)CC3(C)CC1(C)C2. The second kappa shape index (κ2) is 10.6. The molecular formula is C36H46O5. The number of fused-ring (bicyclic) bond motifs is 3. The van der Waals surface area contributed by atoms with E-state index in [0.717, 1.165) is 51.8 Å². The Morgan fingerprint density at radius 1 is 1.07 bits per heavy atom. The summed E-state index contributed by atoms with van der Waals surface area (Å²) in [6, 6.07) is 2.12. The fourth-order valence-electron chi connectivity index (χ4n) is 8.24. The van der Waals surface area contributed by atoms with Crippen LogP contribution in [0, 0.1) is 23.2 Å². The number of unbranched alkanes of at least 4 members (excludes halogenated alkanes) is 1. The lowest BCUT2D eigenvalue weighted by molar-refractivity contribution is -0.138. The van der Waals surface area contributed by atoms with E-state index in [2.05, 4.69) is 33.8 Å². The fraction of sp³-hybridized carbons (Fsp3) is 0.556. The van der Waals surface area contributed by atoms with E-state index in [-0.39, 0.29) is 29.2 Å². The van der Waals surface area contributed by atoms with Gasteiger partial charge in [0.1, 0.15) is 0 Å². The summed E-state index contributed by atoms with van der Waals surface area (Å²) in [4.78, 5) is 53.7. The summed E-state index contributed by atoms with van der Waals surface area (Å²) in [5, 5.41) is 0. The van der Waals surface area contributed by atoms with E-state index in [0.29, 0.717) is 37.0 Å². The number of ether oxygens (including phenoxy) is 1. The first kappa shape index (κ1) is 30.9. The largest absolute Gasteiger partial charge is 0.463 e. The van der Waals surface area contributed by atoms with Gasteiger partial charge in [0.2, 0.25) is 0 Å². The van der Waals surface area contributed by atoms with Gasteiger partial charge in [-0.2, -0.15) is 0 Å². The lowest BCUT2D eigenvalue weighted by atomic mass is 9.42. The van der Waals surface area contributed by atoms with Crippen molar-refractivity contribution in [2.24, 2.45) is 16.2 Å². The van der Waals surface area contributed by atoms with Crippen LogP contribution in [-0.4, -0.2) is 29.9 Å². The molecule has 0 fully saturated rings. The Kier molecular flexibility index (Phi) is 8.01. The normalized spacial score (nSPS) is 27.8. The van der Waals surface area contributed by atoms with Gasteiger partial charge in [-0.25, -0.2) is 4.79 Å². The van der Waals surface area contributed by atoms with Crippen molar-refractivity contribution in [3.05, 3.63) is 62.3 Å². The number of hydrogen-bond donors (Lipinski definition) is 0. The van der Waals surface area contributed by atoms with Crippen LogP contribution in [0.2, 0.25) is 0 Å². The molecule has 0 heterocycles. The number of esters is 1. The van der Waals surface area contributed by atoms with Gasteiger partial charge >= 0.3 is 5.97 Å². The fourth-order valence-corrected chi connectivity index (χ4v) is 8.24. The zero-order valence-corrected chi connectivity index (χ0v) is 26.6. The average molecular weight is 559 g/mol. The lowest BCUT2D eigenvalue weighted by Gasteiger charge is -2.59. The molecule has 0 N–H and O–H groups in total. The molecule has 3 atom stereocenters. The number of hydrogen-bond acceptors (Lipinski definition) is 5. The van der Waals surface area contributed by atoms with E-state index in [1.165, 1.54) is 13.0 Å². The highest BCUT2D eigenvalue weighted by molar-refractivity contribution is 6.24. The summed E-state index contributed by atoms with van der Waals surface area (Å²) >= 11 is 0. The van der Waals surface area contributed by atoms with Crippen LogP contribution in [0.15, 0.2) is 34.4 Å². The molecule has 3 aliphatic rings. The van der Waals surface area contributed by atoms with Crippen LogP contribution in [0.3, 0.4) is 0 Å². The molecule has 0 radical (unpaired) electrons. The molecule has 0 amide bonds. The molecule has 0 saturated carbocycles. The highest BCUT2D eigenvalue weighted by atomic mass is 16.5. The maximum Gasteiger partial charge on any atom is 0.330 e. The Bertz CT molecular complexity index is 1450. The summed E-state index contributed by atoms with van der Waals surface area (Å²) in [6.07, 6.45) is 7.02. The van der Waals surface area contributed by atoms with Gasteiger partial charge in [-0.1, -0.05) is 58.3 Å². The summed E-state index contributed by atoms with van der Waals surface area (Å²) in [7, 11) is 0. The molecule has 220 valence electrons. The van der Waals surface area contributed by atoms with Crippen LogP contribution < -0.4 is 0 Å². The molecule has 0 aromatic heterocycles. The van der Waals surface area contributed by atoms with E-state index >= 15 is 0 Å². The standard InChI is InChI=1S/C36H46O5/c1-11-12-15-41-28(38)14-13-25-16-26(20(2)3)27-18-34(8)19-35(9)17-21(4)29(24(7)37)33(40)36(35,10)23(6)31(34)32(39)30(27)22(25)5/h13-14,16,20H,11-12,15,17-19H2,1-10H3. The molecule has 5 heteroatoms. The molecule has 5 nitrogen and oxygen atoms in total. The number of carbonyl (C=O) groups is 4. The third kappa shape index (κ3) is 4.70. The second-order valence-electron chi connectivity index (χ2n) is 13.7. The van der Waals surface area contributed by atoms with Crippen molar-refractivity contribution in [1.29, 1.82) is 0 Å². The van der Waals surface area contributed by atoms with Crippen molar-refractivity contribution < 1.29 is 23.9 Å². The van der Waals surface area contributed by atoms with Gasteiger partial charge in [0.15, 0.2) is 17.3 Å². The summed E-state index contributed by atoms with van der Waals surface area (Å²) in [6.45, 7) is 20.3. The van der Waals surface area contributed by atoms with Gasteiger partial charge in [-0.15, -0.1) is 0 Å². The molecule has 3 aliphatic carbocycles. The molecule has 1 aromatic rings. The van der Waals surface area contributed by atoms with E-state index < -0.39 is 16.2 Å². The average Bonchev–Trinajstić information content (AvgIpc) is 2.85. The summed E-state index contributed by atoms with van der Waals surface area (Å²) in [5.41, 5.74) is 5.43. The van der Waals surface area contributed by atoms with E-state index in [1.807, 2.05) is 34.6 Å². The number of rotatable bonds is 7. The van der Waals surface area contributed by atoms with Crippen molar-refractivity contribution in [2.75, 3.05) is 6.61 Å². The quantitative estimate of drug-likeness (QED) is 0.147. The van der Waals surface area contributed by atoms with Gasteiger partial charge in [-0.05, 0) is 100.0 Å². The maximum absolute atomic E-state index is 14.7. The Hall–Kier alpha value is -3.08. The van der Waals surface area contributed by atoms with E-state index in [9.17, 15) is 19.2 Å². The third-order valence-electron chi connectivity index (χ3n) is 10.4. The Morgan fingerprint density at radius 3 is 2.32 bits per heavy atom. The monoisotopic (exact) mass is 558 g/mol. The Labute approximate surface area is 245 Å². The molecule has 41 heavy (non-hydrogen) atoms. The van der Waals surface area contributed by atoms with Crippen LogP contribution >= 0.6 is 0 Å². The van der Waals surface area contributed by atoms with Crippen molar-refractivity contribution in [1.82, 2.24) is 0 Å². The first-order valence-corrected chi connectivity index (χ1v) is 15.1. The van der Waals surface area contributed by atoms with Gasteiger partial charge in [-0.3, -0.25) is 14.4 Å². The lowest BCUT2D eigenvalue weighted by Crippen LogP contribution is -2.57. The highest BCUT2D eigenvalue weighted by Crippen LogP contribution is 2.66. The zero-order chi connectivity index (χ0) is 30.7. The third-order valence-corrected chi connectivity index (χ3v) is 10.4. The van der Waals surface area contributed by atoms with Gasteiger partial charge < -0.3 is 4.74 Å². The van der Waals surface area contributed by atoms with Gasteiger partial charge in [0.25, 0.3) is 0 Å². The van der Waals surface area contributed by atoms with Crippen LogP contribution in [0.25, 0.3) is 6.08 Å². The van der Waals surface area contributed by atoms with Crippen LogP contribution in [-0.2, 0) is 25.5 Å².